The predicted molar refractivity (Wildman–Crippen MR) is 83.2 cm³/mol. The normalized spacial score (nSPS) is 11.8. The zero-order valence-corrected chi connectivity index (χ0v) is 13.0. The largest absolute Gasteiger partial charge is 0.441 e. The molecule has 2 aromatic heterocycles. The van der Waals surface area contributed by atoms with E-state index in [9.17, 15) is 13.2 Å². The third-order valence-electron chi connectivity index (χ3n) is 2.52. The number of nitrogens with zero attached hydrogens (tertiary/aromatic N) is 2. The summed E-state index contributed by atoms with van der Waals surface area (Å²) in [7, 11) is 0. The van der Waals surface area contributed by atoms with Crippen molar-refractivity contribution in [3.63, 3.8) is 0 Å². The Morgan fingerprint density at radius 1 is 1.24 bits per heavy atom. The monoisotopic (exact) mass is 336 g/mol. The first-order valence-corrected chi connectivity index (χ1v) is 8.30. The molecule has 2 rings (SSSR count). The summed E-state index contributed by atoms with van der Waals surface area (Å²) in [6.45, 7) is 2.98. The lowest BCUT2D eigenvalue weighted by molar-refractivity contribution is -0.0327. The third kappa shape index (κ3) is 4.92. The SMILES string of the molecule is CCCNc1nc(NCCSC(F)(F)F)c2ccsc2n1. The molecule has 116 valence electrons. The summed E-state index contributed by atoms with van der Waals surface area (Å²) in [5, 5.41) is 8.77. The number of rotatable bonds is 7. The Morgan fingerprint density at radius 2 is 2.05 bits per heavy atom. The van der Waals surface area contributed by atoms with Crippen molar-refractivity contribution < 1.29 is 13.2 Å². The highest BCUT2D eigenvalue weighted by Gasteiger charge is 2.27. The average Bonchev–Trinajstić information content (AvgIpc) is 2.88. The summed E-state index contributed by atoms with van der Waals surface area (Å²) in [6.07, 6.45) is 0.941. The number of aromatic nitrogens is 2. The quantitative estimate of drug-likeness (QED) is 0.743. The van der Waals surface area contributed by atoms with Crippen LogP contribution in [0.1, 0.15) is 13.3 Å². The van der Waals surface area contributed by atoms with Crippen LogP contribution in [-0.2, 0) is 0 Å². The van der Waals surface area contributed by atoms with Gasteiger partial charge < -0.3 is 10.6 Å². The maximum atomic E-state index is 12.1. The Kier molecular flexibility index (Phi) is 5.51. The van der Waals surface area contributed by atoms with Crippen molar-refractivity contribution >= 4 is 45.1 Å². The standard InChI is InChI=1S/C12H15F3N4S2/c1-2-4-17-11-18-9(8-3-6-20-10(8)19-11)16-5-7-21-12(13,14)15/h3,6H,2,4-5,7H2,1H3,(H2,16,17,18,19). The lowest BCUT2D eigenvalue weighted by Crippen LogP contribution is -2.12. The van der Waals surface area contributed by atoms with Gasteiger partial charge in [-0.05, 0) is 29.6 Å². The number of halogens is 3. The smallest absolute Gasteiger partial charge is 0.369 e. The highest BCUT2D eigenvalue weighted by Crippen LogP contribution is 2.30. The Hall–Kier alpha value is -1.22. The van der Waals surface area contributed by atoms with Crippen molar-refractivity contribution in [3.05, 3.63) is 11.4 Å². The highest BCUT2D eigenvalue weighted by molar-refractivity contribution is 8.00. The van der Waals surface area contributed by atoms with E-state index in [2.05, 4.69) is 20.6 Å². The Balaban J connectivity index is 2.04. The van der Waals surface area contributed by atoms with E-state index in [1.807, 2.05) is 18.4 Å². The first-order valence-electron chi connectivity index (χ1n) is 6.43. The Bertz CT molecular complexity index is 585. The lowest BCUT2D eigenvalue weighted by Gasteiger charge is -2.10. The first-order chi connectivity index (χ1) is 9.99. The van der Waals surface area contributed by atoms with Crippen LogP contribution >= 0.6 is 23.1 Å². The molecule has 0 saturated heterocycles. The molecule has 21 heavy (non-hydrogen) atoms. The van der Waals surface area contributed by atoms with E-state index >= 15 is 0 Å². The van der Waals surface area contributed by atoms with Gasteiger partial charge in [-0.1, -0.05) is 6.92 Å². The second-order valence-electron chi connectivity index (χ2n) is 4.18. The molecular formula is C12H15F3N4S2. The number of thioether (sulfide) groups is 1. The molecule has 0 spiro atoms. The van der Waals surface area contributed by atoms with E-state index in [1.165, 1.54) is 11.3 Å². The van der Waals surface area contributed by atoms with E-state index in [4.69, 9.17) is 0 Å². The number of nitrogens with one attached hydrogen (secondary N) is 2. The van der Waals surface area contributed by atoms with Gasteiger partial charge in [0.2, 0.25) is 5.95 Å². The minimum atomic E-state index is -4.20. The Morgan fingerprint density at radius 3 is 2.76 bits per heavy atom. The fourth-order valence-electron chi connectivity index (χ4n) is 1.64. The minimum Gasteiger partial charge on any atom is -0.369 e. The second-order valence-corrected chi connectivity index (χ2v) is 6.24. The van der Waals surface area contributed by atoms with Gasteiger partial charge in [0, 0.05) is 18.8 Å². The molecule has 0 aliphatic heterocycles. The number of alkyl halides is 3. The van der Waals surface area contributed by atoms with E-state index < -0.39 is 5.51 Å². The molecule has 2 heterocycles. The molecule has 0 unspecified atom stereocenters. The summed E-state index contributed by atoms with van der Waals surface area (Å²) in [4.78, 5) is 9.51. The van der Waals surface area contributed by atoms with Crippen LogP contribution in [0.5, 0.6) is 0 Å². The van der Waals surface area contributed by atoms with E-state index in [-0.39, 0.29) is 24.1 Å². The van der Waals surface area contributed by atoms with E-state index in [0.29, 0.717) is 11.8 Å². The van der Waals surface area contributed by atoms with Crippen LogP contribution in [0.3, 0.4) is 0 Å². The molecule has 0 aromatic carbocycles. The van der Waals surface area contributed by atoms with E-state index in [0.717, 1.165) is 23.2 Å². The van der Waals surface area contributed by atoms with Gasteiger partial charge in [0.15, 0.2) is 0 Å². The van der Waals surface area contributed by atoms with Crippen LogP contribution in [-0.4, -0.2) is 34.3 Å². The molecule has 0 saturated carbocycles. The molecule has 2 aromatic rings. The van der Waals surface area contributed by atoms with Crippen molar-refractivity contribution in [2.45, 2.75) is 18.9 Å². The fraction of sp³-hybridized carbons (Fsp3) is 0.500. The summed E-state index contributed by atoms with van der Waals surface area (Å²) in [5.74, 6) is 1.01. The van der Waals surface area contributed by atoms with Gasteiger partial charge in [0.05, 0.1) is 5.39 Å². The van der Waals surface area contributed by atoms with Crippen molar-refractivity contribution in [1.29, 1.82) is 0 Å². The van der Waals surface area contributed by atoms with Gasteiger partial charge >= 0.3 is 5.51 Å². The molecule has 0 fully saturated rings. The van der Waals surface area contributed by atoms with Gasteiger partial charge in [-0.15, -0.1) is 11.3 Å². The molecule has 0 aliphatic carbocycles. The van der Waals surface area contributed by atoms with Gasteiger partial charge in [0.25, 0.3) is 0 Å². The summed E-state index contributed by atoms with van der Waals surface area (Å²) in [5.41, 5.74) is -4.20. The van der Waals surface area contributed by atoms with Gasteiger partial charge in [-0.2, -0.15) is 18.2 Å². The third-order valence-corrected chi connectivity index (χ3v) is 4.06. The number of anilines is 2. The fourth-order valence-corrected chi connectivity index (χ4v) is 2.84. The van der Waals surface area contributed by atoms with Crippen LogP contribution in [0.25, 0.3) is 10.2 Å². The minimum absolute atomic E-state index is 0.0406. The maximum absolute atomic E-state index is 12.1. The Labute approximate surface area is 128 Å². The number of hydrogen-bond acceptors (Lipinski definition) is 6. The molecule has 0 radical (unpaired) electrons. The molecule has 0 atom stereocenters. The van der Waals surface area contributed by atoms with Gasteiger partial charge in [-0.3, -0.25) is 0 Å². The first kappa shape index (κ1) is 16.2. The average molecular weight is 336 g/mol. The molecule has 9 heteroatoms. The van der Waals surface area contributed by atoms with Crippen LogP contribution in [0.4, 0.5) is 24.9 Å². The molecule has 0 bridgehead atoms. The molecular weight excluding hydrogens is 321 g/mol. The van der Waals surface area contributed by atoms with Crippen LogP contribution in [0.2, 0.25) is 0 Å². The number of hydrogen-bond donors (Lipinski definition) is 2. The van der Waals surface area contributed by atoms with E-state index in [1.54, 1.807) is 0 Å². The van der Waals surface area contributed by atoms with Crippen molar-refractivity contribution in [2.75, 3.05) is 29.5 Å². The molecule has 0 amide bonds. The molecule has 4 nitrogen and oxygen atoms in total. The van der Waals surface area contributed by atoms with Gasteiger partial charge in [0.1, 0.15) is 10.6 Å². The zero-order chi connectivity index (χ0) is 15.3. The molecule has 0 aliphatic rings. The summed E-state index contributed by atoms with van der Waals surface area (Å²) in [6, 6.07) is 1.86. The van der Waals surface area contributed by atoms with Crippen molar-refractivity contribution in [2.24, 2.45) is 0 Å². The van der Waals surface area contributed by atoms with Crippen LogP contribution in [0, 0.1) is 0 Å². The van der Waals surface area contributed by atoms with Crippen LogP contribution in [0.15, 0.2) is 11.4 Å². The van der Waals surface area contributed by atoms with Crippen LogP contribution < -0.4 is 10.6 Å². The predicted octanol–water partition coefficient (Wildman–Crippen LogP) is 4.18. The van der Waals surface area contributed by atoms with Crippen molar-refractivity contribution in [3.8, 4) is 0 Å². The lowest BCUT2D eigenvalue weighted by atomic mass is 10.4. The highest BCUT2D eigenvalue weighted by atomic mass is 32.2. The summed E-state index contributed by atoms with van der Waals surface area (Å²) >= 11 is 1.44. The number of thiophene rings is 1. The topological polar surface area (TPSA) is 49.8 Å². The molecule has 2 N–H and O–H groups in total. The van der Waals surface area contributed by atoms with Gasteiger partial charge in [-0.25, -0.2) is 4.98 Å². The van der Waals surface area contributed by atoms with Crippen molar-refractivity contribution in [1.82, 2.24) is 9.97 Å². The summed E-state index contributed by atoms with van der Waals surface area (Å²) < 4.78 is 36.3. The maximum Gasteiger partial charge on any atom is 0.441 e. The second kappa shape index (κ2) is 7.17. The zero-order valence-electron chi connectivity index (χ0n) is 11.3. The number of fused-ring (bicyclic) bond motifs is 1.